The van der Waals surface area contributed by atoms with Crippen molar-refractivity contribution in [3.63, 3.8) is 0 Å². The number of rotatable bonds is 7. The molecule has 1 rings (SSSR count). The molecule has 0 aromatic heterocycles. The minimum absolute atomic E-state index is 0.150. The first-order valence-electron chi connectivity index (χ1n) is 6.42. The summed E-state index contributed by atoms with van der Waals surface area (Å²) in [5.74, 6) is -0.632. The van der Waals surface area contributed by atoms with Crippen molar-refractivity contribution in [1.29, 1.82) is 5.26 Å². The fourth-order valence-electron chi connectivity index (χ4n) is 1.70. The van der Waals surface area contributed by atoms with E-state index in [2.05, 4.69) is 22.0 Å². The minimum Gasteiger partial charge on any atom is -0.493 e. The van der Waals surface area contributed by atoms with Gasteiger partial charge in [-0.3, -0.25) is 0 Å². The largest absolute Gasteiger partial charge is 0.493 e. The van der Waals surface area contributed by atoms with Crippen LogP contribution in [0.4, 0.5) is 0 Å². The van der Waals surface area contributed by atoms with E-state index in [1.807, 2.05) is 13.8 Å². The van der Waals surface area contributed by atoms with Crippen LogP contribution in [0.3, 0.4) is 0 Å². The Kier molecular flexibility index (Phi) is 6.03. The van der Waals surface area contributed by atoms with E-state index in [1.54, 1.807) is 12.1 Å². The van der Waals surface area contributed by atoms with E-state index in [-0.39, 0.29) is 11.0 Å². The highest BCUT2D eigenvalue weighted by Gasteiger charge is 2.16. The number of hydrogen-bond donors (Lipinski definition) is 1. The van der Waals surface area contributed by atoms with Crippen LogP contribution in [0.5, 0.6) is 5.75 Å². The van der Waals surface area contributed by atoms with Crippen molar-refractivity contribution in [3.05, 3.63) is 28.2 Å². The van der Waals surface area contributed by atoms with E-state index in [0.29, 0.717) is 16.8 Å². The second-order valence-corrected chi connectivity index (χ2v) is 6.16. The molecule has 0 heterocycles. The Balaban J connectivity index is 2.47. The van der Waals surface area contributed by atoms with Crippen molar-refractivity contribution in [3.8, 4) is 11.8 Å². The Morgan fingerprint density at radius 3 is 2.75 bits per heavy atom. The molecule has 0 fully saturated rings. The van der Waals surface area contributed by atoms with Gasteiger partial charge in [-0.05, 0) is 51.3 Å². The van der Waals surface area contributed by atoms with Crippen molar-refractivity contribution in [2.45, 2.75) is 33.1 Å². The smallest absolute Gasteiger partial charge is 0.339 e. The third-order valence-electron chi connectivity index (χ3n) is 2.93. The molecule has 0 aliphatic heterocycles. The number of hydrogen-bond acceptors (Lipinski definition) is 3. The SMILES string of the molecule is CC(C)(C#N)CCCCOc1ccc(Br)cc1C(=O)O. The molecule has 0 saturated carbocycles. The van der Waals surface area contributed by atoms with Crippen molar-refractivity contribution < 1.29 is 14.6 Å². The summed E-state index contributed by atoms with van der Waals surface area (Å²) in [6, 6.07) is 7.18. The first-order valence-corrected chi connectivity index (χ1v) is 7.22. The highest BCUT2D eigenvalue weighted by molar-refractivity contribution is 9.10. The Morgan fingerprint density at radius 1 is 1.45 bits per heavy atom. The van der Waals surface area contributed by atoms with Gasteiger partial charge >= 0.3 is 5.97 Å². The summed E-state index contributed by atoms with van der Waals surface area (Å²) in [6.07, 6.45) is 2.47. The van der Waals surface area contributed by atoms with Crippen molar-refractivity contribution >= 4 is 21.9 Å². The normalized spacial score (nSPS) is 10.9. The van der Waals surface area contributed by atoms with Gasteiger partial charge in [0.05, 0.1) is 18.1 Å². The fourth-order valence-corrected chi connectivity index (χ4v) is 2.06. The van der Waals surface area contributed by atoms with Gasteiger partial charge < -0.3 is 9.84 Å². The first kappa shape index (κ1) is 16.5. The quantitative estimate of drug-likeness (QED) is 0.754. The number of unbranched alkanes of at least 4 members (excludes halogenated alkanes) is 1. The molecule has 1 N–H and O–H groups in total. The number of carboxylic acids is 1. The first-order chi connectivity index (χ1) is 9.35. The van der Waals surface area contributed by atoms with Crippen LogP contribution in [0, 0.1) is 16.7 Å². The third-order valence-corrected chi connectivity index (χ3v) is 3.42. The molecule has 5 heteroatoms. The van der Waals surface area contributed by atoms with Crippen LogP contribution in [-0.2, 0) is 0 Å². The van der Waals surface area contributed by atoms with Crippen LogP contribution in [0.1, 0.15) is 43.5 Å². The number of nitrogens with zero attached hydrogens (tertiary/aromatic N) is 1. The van der Waals surface area contributed by atoms with Gasteiger partial charge in [0.2, 0.25) is 0 Å². The zero-order valence-corrected chi connectivity index (χ0v) is 13.2. The summed E-state index contributed by atoms with van der Waals surface area (Å²) in [4.78, 5) is 11.1. The van der Waals surface area contributed by atoms with Crippen LogP contribution in [0.25, 0.3) is 0 Å². The standard InChI is InChI=1S/C15H18BrNO3/c1-15(2,10-17)7-3-4-8-20-13-6-5-11(16)9-12(13)14(18)19/h5-6,9H,3-4,7-8H2,1-2H3,(H,18,19). The molecule has 20 heavy (non-hydrogen) atoms. The van der Waals surface area contributed by atoms with E-state index >= 15 is 0 Å². The molecule has 0 saturated heterocycles. The van der Waals surface area contributed by atoms with Crippen molar-refractivity contribution in [1.82, 2.24) is 0 Å². The van der Waals surface area contributed by atoms with Crippen LogP contribution >= 0.6 is 15.9 Å². The molecule has 1 aromatic rings. The van der Waals surface area contributed by atoms with Gasteiger partial charge in [0.25, 0.3) is 0 Å². The predicted molar refractivity (Wildman–Crippen MR) is 79.8 cm³/mol. The predicted octanol–water partition coefficient (Wildman–Crippen LogP) is 4.25. The van der Waals surface area contributed by atoms with Crippen LogP contribution in [0.15, 0.2) is 22.7 Å². The van der Waals surface area contributed by atoms with Gasteiger partial charge in [0.1, 0.15) is 11.3 Å². The van der Waals surface area contributed by atoms with Gasteiger partial charge in [-0.1, -0.05) is 15.9 Å². The van der Waals surface area contributed by atoms with E-state index < -0.39 is 5.97 Å². The van der Waals surface area contributed by atoms with Gasteiger partial charge in [0.15, 0.2) is 0 Å². The number of carboxylic acid groups (broad SMARTS) is 1. The third kappa shape index (κ3) is 5.22. The highest BCUT2D eigenvalue weighted by atomic mass is 79.9. The second-order valence-electron chi connectivity index (χ2n) is 5.25. The topological polar surface area (TPSA) is 70.3 Å². The number of benzene rings is 1. The molecule has 108 valence electrons. The molecular weight excluding hydrogens is 322 g/mol. The van der Waals surface area contributed by atoms with Gasteiger partial charge in [-0.15, -0.1) is 0 Å². The van der Waals surface area contributed by atoms with E-state index in [9.17, 15) is 4.79 Å². The molecule has 4 nitrogen and oxygen atoms in total. The molecule has 0 bridgehead atoms. The maximum Gasteiger partial charge on any atom is 0.339 e. The highest BCUT2D eigenvalue weighted by Crippen LogP contribution is 2.24. The summed E-state index contributed by atoms with van der Waals surface area (Å²) in [6.45, 7) is 4.26. The molecule has 0 aliphatic carbocycles. The lowest BCUT2D eigenvalue weighted by Crippen LogP contribution is -2.09. The van der Waals surface area contributed by atoms with E-state index in [1.165, 1.54) is 6.07 Å². The van der Waals surface area contributed by atoms with Gasteiger partial charge in [-0.2, -0.15) is 5.26 Å². The monoisotopic (exact) mass is 339 g/mol. The molecular formula is C15H18BrNO3. The van der Waals surface area contributed by atoms with E-state index in [4.69, 9.17) is 15.1 Å². The maximum atomic E-state index is 11.1. The lowest BCUT2D eigenvalue weighted by Gasteiger charge is -2.14. The molecule has 0 atom stereocenters. The number of halogens is 1. The zero-order valence-electron chi connectivity index (χ0n) is 11.6. The summed E-state index contributed by atoms with van der Waals surface area (Å²) in [5, 5.41) is 18.0. The van der Waals surface area contributed by atoms with Gasteiger partial charge in [0, 0.05) is 4.47 Å². The second kappa shape index (κ2) is 7.30. The summed E-state index contributed by atoms with van der Waals surface area (Å²) >= 11 is 3.24. The Hall–Kier alpha value is -1.54. The van der Waals surface area contributed by atoms with Crippen molar-refractivity contribution in [2.75, 3.05) is 6.61 Å². The lowest BCUT2D eigenvalue weighted by atomic mass is 9.89. The minimum atomic E-state index is -1.01. The number of carbonyl (C=O) groups is 1. The molecule has 0 unspecified atom stereocenters. The summed E-state index contributed by atoms with van der Waals surface area (Å²) < 4.78 is 6.22. The molecule has 0 radical (unpaired) electrons. The molecule has 0 amide bonds. The zero-order chi connectivity index (χ0) is 15.2. The van der Waals surface area contributed by atoms with Crippen molar-refractivity contribution in [2.24, 2.45) is 5.41 Å². The average Bonchev–Trinajstić information content (AvgIpc) is 2.39. The molecule has 1 aromatic carbocycles. The summed E-state index contributed by atoms with van der Waals surface area (Å²) in [5.41, 5.74) is -0.166. The lowest BCUT2D eigenvalue weighted by molar-refractivity contribution is 0.0692. The Morgan fingerprint density at radius 2 is 2.15 bits per heavy atom. The number of nitriles is 1. The maximum absolute atomic E-state index is 11.1. The van der Waals surface area contributed by atoms with Crippen LogP contribution < -0.4 is 4.74 Å². The average molecular weight is 340 g/mol. The fraction of sp³-hybridized carbons (Fsp3) is 0.467. The van der Waals surface area contributed by atoms with Gasteiger partial charge in [-0.25, -0.2) is 4.79 Å². The Bertz CT molecular complexity index is 520. The summed E-state index contributed by atoms with van der Waals surface area (Å²) in [7, 11) is 0. The molecule has 0 aliphatic rings. The Labute approximate surface area is 127 Å². The van der Waals surface area contributed by atoms with Crippen LogP contribution in [-0.4, -0.2) is 17.7 Å². The molecule has 0 spiro atoms. The van der Waals surface area contributed by atoms with E-state index in [0.717, 1.165) is 19.3 Å². The number of ether oxygens (including phenoxy) is 1. The van der Waals surface area contributed by atoms with Crippen LogP contribution in [0.2, 0.25) is 0 Å². The number of aromatic carboxylic acids is 1.